The van der Waals surface area contributed by atoms with E-state index in [0.29, 0.717) is 43.0 Å². The average molecular weight is 1410 g/mol. The first-order chi connectivity index (χ1) is 44.6. The number of aromatic nitrogens is 5. The van der Waals surface area contributed by atoms with Crippen LogP contribution in [0.25, 0.3) is 66.7 Å². The first kappa shape index (κ1) is 69.8. The summed E-state index contributed by atoms with van der Waals surface area (Å²) in [4.78, 5) is 61.1. The molecule has 0 radical (unpaired) electrons. The van der Waals surface area contributed by atoms with Crippen LogP contribution in [0.4, 0.5) is 73.0 Å². The molecule has 0 spiro atoms. The molecular formula is C63H51BrF14N10O7. The van der Waals surface area contributed by atoms with Gasteiger partial charge in [-0.15, -0.1) is 0 Å². The number of carbonyl (C=O) groups excluding carboxylic acids is 1. The molecule has 13 rings (SSSR count). The Labute approximate surface area is 534 Å². The summed E-state index contributed by atoms with van der Waals surface area (Å²) in [7, 11) is 0. The molecule has 0 amide bonds. The van der Waals surface area contributed by atoms with Crippen molar-refractivity contribution in [3.05, 3.63) is 205 Å². The number of hydrogen-bond donors (Lipinski definition) is 4. The minimum Gasteiger partial charge on any atom is -0.422 e. The predicted octanol–water partition coefficient (Wildman–Crippen LogP) is 13.1. The Morgan fingerprint density at radius 1 is 0.558 bits per heavy atom. The zero-order chi connectivity index (χ0) is 69.2. The van der Waals surface area contributed by atoms with Gasteiger partial charge < -0.3 is 48.6 Å². The number of ketones is 1. The van der Waals surface area contributed by atoms with E-state index in [9.17, 15) is 76.3 Å². The SMILES string of the molecule is C[C@@H]1CN(c2cc(F)c3cc(-c4cn5ccc(C(F)(F)F)cc5n4)c(=O)oc3c2)C[C@H](C)N1.C[C@@H]1CNC[C@H](C)N1.Nc1cc(C(F)(F)F)ccn1.O=C(CBr)c1cc2c(F)cc(F)cc2oc1=O.O=c1oc2cc(F)cc(F)c2cc1-c1cn2ccc(C(F)(F)F)cc2n1. The summed E-state index contributed by atoms with van der Waals surface area (Å²) in [6, 6.07) is 16.5. The molecule has 4 atom stereocenters. The highest BCUT2D eigenvalue weighted by Gasteiger charge is 2.33. The summed E-state index contributed by atoms with van der Waals surface area (Å²) >= 11 is 2.90. The molecule has 2 fully saturated rings. The number of alkyl halides is 10. The number of benzene rings is 3. The van der Waals surface area contributed by atoms with Gasteiger partial charge in [-0.25, -0.2) is 51.3 Å². The van der Waals surface area contributed by atoms with E-state index < -0.39 is 87.0 Å². The summed E-state index contributed by atoms with van der Waals surface area (Å²) in [6.45, 7) is 12.1. The van der Waals surface area contributed by atoms with Crippen LogP contribution < -0.4 is 43.5 Å². The molecule has 500 valence electrons. The van der Waals surface area contributed by atoms with Gasteiger partial charge in [0.05, 0.1) is 60.7 Å². The van der Waals surface area contributed by atoms with E-state index in [-0.39, 0.29) is 95.5 Å². The largest absolute Gasteiger partial charge is 0.422 e. The Hall–Kier alpha value is -9.53. The second kappa shape index (κ2) is 28.2. The van der Waals surface area contributed by atoms with Crippen molar-refractivity contribution in [1.82, 2.24) is 39.7 Å². The van der Waals surface area contributed by atoms with Gasteiger partial charge in [0.25, 0.3) is 0 Å². The van der Waals surface area contributed by atoms with E-state index in [1.165, 1.54) is 39.5 Å². The monoisotopic (exact) mass is 1400 g/mol. The van der Waals surface area contributed by atoms with E-state index in [2.05, 4.69) is 60.7 Å². The average Bonchev–Trinajstić information content (AvgIpc) is 1.74. The molecule has 17 nitrogen and oxygen atoms in total. The molecular weight excluding hydrogens is 1350 g/mol. The van der Waals surface area contributed by atoms with Gasteiger partial charge in [-0.3, -0.25) is 4.79 Å². The van der Waals surface area contributed by atoms with Crippen LogP contribution >= 0.6 is 15.9 Å². The van der Waals surface area contributed by atoms with Crippen LogP contribution in [0.2, 0.25) is 0 Å². The quantitative estimate of drug-likeness (QED) is 0.0545. The lowest BCUT2D eigenvalue weighted by Gasteiger charge is -2.37. The van der Waals surface area contributed by atoms with Crippen LogP contribution in [-0.2, 0) is 18.5 Å². The normalized spacial score (nSPS) is 16.7. The molecule has 32 heteroatoms. The van der Waals surface area contributed by atoms with E-state index in [0.717, 1.165) is 86.1 Å². The summed E-state index contributed by atoms with van der Waals surface area (Å²) in [6.07, 6.45) is -7.29. The molecule has 8 aromatic heterocycles. The van der Waals surface area contributed by atoms with E-state index in [4.69, 9.17) is 19.0 Å². The first-order valence-electron chi connectivity index (χ1n) is 28.2. The zero-order valence-electron chi connectivity index (χ0n) is 49.7. The highest BCUT2D eigenvalue weighted by molar-refractivity contribution is 9.09. The third-order valence-electron chi connectivity index (χ3n) is 14.4. The number of rotatable bonds is 5. The van der Waals surface area contributed by atoms with Crippen LogP contribution in [0.5, 0.6) is 0 Å². The fourth-order valence-corrected chi connectivity index (χ4v) is 10.4. The number of nitrogens with zero attached hydrogens (tertiary/aromatic N) is 6. The first-order valence-corrected chi connectivity index (χ1v) is 29.4. The maximum absolute atomic E-state index is 15.1. The fourth-order valence-electron chi connectivity index (χ4n) is 10.1. The molecule has 0 bridgehead atoms. The smallest absolute Gasteiger partial charge is 0.416 e. The van der Waals surface area contributed by atoms with Gasteiger partial charge in [-0.2, -0.15) is 39.5 Å². The number of halogens is 15. The molecule has 11 aromatic rings. The highest BCUT2D eigenvalue weighted by Crippen LogP contribution is 2.34. The van der Waals surface area contributed by atoms with Gasteiger partial charge in [0.2, 0.25) is 0 Å². The Morgan fingerprint density at radius 3 is 1.40 bits per heavy atom. The van der Waals surface area contributed by atoms with Gasteiger partial charge >= 0.3 is 35.4 Å². The van der Waals surface area contributed by atoms with Gasteiger partial charge in [-0.1, -0.05) is 15.9 Å². The maximum atomic E-state index is 15.1. The number of imidazole rings is 2. The Kier molecular flexibility index (Phi) is 20.7. The van der Waals surface area contributed by atoms with Crippen molar-refractivity contribution in [2.45, 2.75) is 70.4 Å². The number of nitrogens with one attached hydrogen (secondary N) is 3. The second-order valence-electron chi connectivity index (χ2n) is 21.9. The van der Waals surface area contributed by atoms with Crippen molar-refractivity contribution in [1.29, 1.82) is 0 Å². The van der Waals surface area contributed by atoms with Crippen LogP contribution in [0.1, 0.15) is 54.7 Å². The minimum atomic E-state index is -4.54. The lowest BCUT2D eigenvalue weighted by molar-refractivity contribution is -0.138. The summed E-state index contributed by atoms with van der Waals surface area (Å²) in [5.74, 6) is -4.78. The van der Waals surface area contributed by atoms with Crippen molar-refractivity contribution >= 4 is 77.4 Å². The van der Waals surface area contributed by atoms with Crippen molar-refractivity contribution in [3.63, 3.8) is 0 Å². The van der Waals surface area contributed by atoms with E-state index in [1.54, 1.807) is 6.07 Å². The van der Waals surface area contributed by atoms with Crippen molar-refractivity contribution in [2.75, 3.05) is 42.1 Å². The molecule has 10 heterocycles. The topological polar surface area (TPSA) is 221 Å². The summed E-state index contributed by atoms with van der Waals surface area (Å²) in [5, 5.41) is 9.92. The number of anilines is 2. The molecule has 0 unspecified atom stereocenters. The fraction of sp³-hybridized carbons (Fsp3) is 0.254. The number of nitrogen functional groups attached to an aromatic ring is 1. The molecule has 2 aliphatic rings. The number of nitrogens with two attached hydrogens (primary N) is 1. The third kappa shape index (κ3) is 16.9. The summed E-state index contributed by atoms with van der Waals surface area (Å²) in [5.41, 5.74) is -0.227. The molecule has 95 heavy (non-hydrogen) atoms. The molecule has 0 saturated carbocycles. The predicted molar refractivity (Wildman–Crippen MR) is 327 cm³/mol. The van der Waals surface area contributed by atoms with Crippen molar-refractivity contribution in [3.8, 4) is 22.5 Å². The Morgan fingerprint density at radius 2 is 0.979 bits per heavy atom. The third-order valence-corrected chi connectivity index (χ3v) is 14.9. The van der Waals surface area contributed by atoms with E-state index in [1.807, 2.05) is 18.7 Å². The molecule has 2 saturated heterocycles. The molecule has 2 aliphatic heterocycles. The lowest BCUT2D eigenvalue weighted by atomic mass is 10.1. The van der Waals surface area contributed by atoms with Crippen molar-refractivity contribution in [2.24, 2.45) is 0 Å². The number of piperazine rings is 2. The van der Waals surface area contributed by atoms with Crippen LogP contribution in [-0.4, -0.2) is 85.2 Å². The summed E-state index contributed by atoms with van der Waals surface area (Å²) < 4.78 is 199. The standard InChI is InChI=1S/C23H20F4N4O2.C17H7F5N2O2.C11H5BrF2O3.C6H5F3N2.C6H14N2/c1-12-9-31(10-13(2)28-12)15-6-18(24)16-8-17(22(32)33-20(16)7-15)19-11-30-4-3-14(23(25,26)27)5-21(30)29-19;18-9-4-12(19)10-6-11(16(25)26-14(10)5-9)13-7-24-2-1-8(17(20,21)22)3-15(24)23-13;12-4-9(15)7-3-6-8(14)1-5(13)2-10(6)17-11(7)16;7-6(8,9)4-1-2-11-5(10)3-4;1-5-3-7-4-6(2)8-5/h3-8,11-13,28H,9-10H2,1-2H3;1-7H;1-3H,4H2;1-3H,(H2,10,11);5-8H,3-4H2,1-2H3/t12-,13+;;;;5-,6+. The van der Waals surface area contributed by atoms with Gasteiger partial charge in [-0.05, 0) is 88.4 Å². The number of carbonyl (C=O) groups is 1. The highest BCUT2D eigenvalue weighted by atomic mass is 79.9. The van der Waals surface area contributed by atoms with Crippen molar-refractivity contribution < 1.29 is 79.5 Å². The zero-order valence-corrected chi connectivity index (χ0v) is 51.3. The Balaban J connectivity index is 0.000000151. The van der Waals surface area contributed by atoms with Gasteiger partial charge in [0.1, 0.15) is 68.5 Å². The molecule has 3 aromatic carbocycles. The second-order valence-corrected chi connectivity index (χ2v) is 22.5. The minimum absolute atomic E-state index is 0.00343. The Bertz CT molecular complexity index is 4840. The van der Waals surface area contributed by atoms with Crippen LogP contribution in [0.15, 0.2) is 150 Å². The lowest BCUT2D eigenvalue weighted by Crippen LogP contribution is -2.54. The molecule has 5 N–H and O–H groups in total. The number of Topliss-reactive ketones (excluding diaryl/α,β-unsaturated/α-hetero) is 1. The van der Waals surface area contributed by atoms with Gasteiger partial charge in [0.15, 0.2) is 5.78 Å². The number of pyridine rings is 3. The number of fused-ring (bicyclic) bond motifs is 5. The molecule has 0 aliphatic carbocycles. The van der Waals surface area contributed by atoms with Gasteiger partial charge in [0, 0.05) is 117 Å². The maximum Gasteiger partial charge on any atom is 0.416 e. The van der Waals surface area contributed by atoms with E-state index >= 15 is 4.39 Å². The number of hydrogen-bond acceptors (Lipinski definition) is 15. The van der Waals surface area contributed by atoms with Crippen LogP contribution in [0, 0.1) is 29.1 Å². The van der Waals surface area contributed by atoms with Crippen LogP contribution in [0.3, 0.4) is 0 Å².